The van der Waals surface area contributed by atoms with Gasteiger partial charge in [-0.1, -0.05) is 26.0 Å². The molecule has 26 heavy (non-hydrogen) atoms. The van der Waals surface area contributed by atoms with Crippen molar-refractivity contribution in [2.45, 2.75) is 45.7 Å². The number of carbonyl (C=O) groups is 1. The molecule has 0 bridgehead atoms. The normalized spacial score (nSPS) is 19.8. The lowest BCUT2D eigenvalue weighted by atomic mass is 9.87. The first kappa shape index (κ1) is 25.1. The van der Waals surface area contributed by atoms with Gasteiger partial charge in [-0.15, -0.1) is 24.8 Å². The summed E-state index contributed by atoms with van der Waals surface area (Å²) >= 11 is 0. The zero-order valence-electron chi connectivity index (χ0n) is 15.8. The van der Waals surface area contributed by atoms with Crippen LogP contribution in [0.15, 0.2) is 24.3 Å². The Morgan fingerprint density at radius 3 is 2.69 bits per heavy atom. The van der Waals surface area contributed by atoms with Gasteiger partial charge in [-0.2, -0.15) is 0 Å². The molecule has 1 aromatic carbocycles. The van der Waals surface area contributed by atoms with Crippen molar-refractivity contribution in [1.29, 1.82) is 0 Å². The highest BCUT2D eigenvalue weighted by Crippen LogP contribution is 2.22. The second-order valence-corrected chi connectivity index (χ2v) is 7.47. The predicted octanol–water partition coefficient (Wildman–Crippen LogP) is 3.37. The van der Waals surface area contributed by atoms with E-state index in [1.165, 1.54) is 6.07 Å². The first-order valence-electron chi connectivity index (χ1n) is 8.83. The maximum Gasteiger partial charge on any atom is 0.224 e. The number of amides is 1. The minimum absolute atomic E-state index is 0. The van der Waals surface area contributed by atoms with Crippen LogP contribution in [0.5, 0.6) is 0 Å². The SMILES string of the molecule is CC(C)C(C)(CN)NC(=O)C1CCCN(Cc2cccc(F)c2)C1.Cl.Cl. The van der Waals surface area contributed by atoms with Gasteiger partial charge in [0.15, 0.2) is 0 Å². The minimum atomic E-state index is -0.373. The molecule has 2 unspecified atom stereocenters. The van der Waals surface area contributed by atoms with Gasteiger partial charge in [0, 0.05) is 19.6 Å². The summed E-state index contributed by atoms with van der Waals surface area (Å²) in [5.74, 6) is 0.116. The summed E-state index contributed by atoms with van der Waals surface area (Å²) in [5.41, 5.74) is 6.44. The molecule has 2 rings (SSSR count). The van der Waals surface area contributed by atoms with E-state index in [2.05, 4.69) is 24.1 Å². The smallest absolute Gasteiger partial charge is 0.224 e. The summed E-state index contributed by atoms with van der Waals surface area (Å²) in [6, 6.07) is 6.68. The van der Waals surface area contributed by atoms with Gasteiger partial charge in [0.2, 0.25) is 5.91 Å². The molecule has 0 aliphatic carbocycles. The van der Waals surface area contributed by atoms with E-state index in [1.807, 2.05) is 13.0 Å². The van der Waals surface area contributed by atoms with Gasteiger partial charge >= 0.3 is 0 Å². The zero-order valence-corrected chi connectivity index (χ0v) is 17.5. The van der Waals surface area contributed by atoms with Gasteiger partial charge in [-0.25, -0.2) is 4.39 Å². The summed E-state index contributed by atoms with van der Waals surface area (Å²) in [6.45, 7) is 8.91. The first-order valence-corrected chi connectivity index (χ1v) is 8.83. The highest BCUT2D eigenvalue weighted by Gasteiger charge is 2.33. The third-order valence-corrected chi connectivity index (χ3v) is 5.28. The Hall–Kier alpha value is -0.880. The van der Waals surface area contributed by atoms with Crippen LogP contribution in [0.4, 0.5) is 4.39 Å². The van der Waals surface area contributed by atoms with Crippen LogP contribution < -0.4 is 11.1 Å². The van der Waals surface area contributed by atoms with Crippen LogP contribution in [0.2, 0.25) is 0 Å². The van der Waals surface area contributed by atoms with Gasteiger partial charge in [-0.05, 0) is 49.9 Å². The lowest BCUT2D eigenvalue weighted by molar-refractivity contribution is -0.129. The van der Waals surface area contributed by atoms with Gasteiger partial charge in [0.25, 0.3) is 0 Å². The molecule has 1 aliphatic rings. The van der Waals surface area contributed by atoms with Crippen molar-refractivity contribution >= 4 is 30.7 Å². The zero-order chi connectivity index (χ0) is 17.7. The van der Waals surface area contributed by atoms with E-state index < -0.39 is 0 Å². The quantitative estimate of drug-likeness (QED) is 0.759. The maximum absolute atomic E-state index is 13.3. The van der Waals surface area contributed by atoms with E-state index in [0.717, 1.165) is 24.9 Å². The van der Waals surface area contributed by atoms with Crippen LogP contribution in [0.1, 0.15) is 39.2 Å². The van der Waals surface area contributed by atoms with Crippen molar-refractivity contribution in [3.63, 3.8) is 0 Å². The monoisotopic (exact) mass is 407 g/mol. The third kappa shape index (κ3) is 6.69. The Kier molecular flexibility index (Phi) is 10.7. The van der Waals surface area contributed by atoms with Crippen LogP contribution in [0.25, 0.3) is 0 Å². The van der Waals surface area contributed by atoms with Crippen LogP contribution in [-0.2, 0) is 11.3 Å². The number of nitrogens with one attached hydrogen (secondary N) is 1. The van der Waals surface area contributed by atoms with E-state index in [-0.39, 0.29) is 53.9 Å². The van der Waals surface area contributed by atoms with Crippen molar-refractivity contribution in [2.75, 3.05) is 19.6 Å². The fraction of sp³-hybridized carbons (Fsp3) is 0.632. The van der Waals surface area contributed by atoms with Gasteiger partial charge in [0.05, 0.1) is 11.5 Å². The molecular weight excluding hydrogens is 376 g/mol. The molecule has 0 radical (unpaired) electrons. The van der Waals surface area contributed by atoms with E-state index in [0.29, 0.717) is 19.6 Å². The number of carbonyl (C=O) groups excluding carboxylic acids is 1. The van der Waals surface area contributed by atoms with E-state index in [4.69, 9.17) is 5.73 Å². The summed E-state index contributed by atoms with van der Waals surface area (Å²) in [7, 11) is 0. The topological polar surface area (TPSA) is 58.4 Å². The molecule has 3 N–H and O–H groups in total. The molecule has 1 aliphatic heterocycles. The standard InChI is InChI=1S/C19H30FN3O.2ClH/c1-14(2)19(3,13-21)22-18(24)16-7-5-9-23(12-16)11-15-6-4-8-17(20)10-15;;/h4,6,8,10,14,16H,5,7,9,11-13,21H2,1-3H3,(H,22,24);2*1H. The summed E-state index contributed by atoms with van der Waals surface area (Å²) < 4.78 is 13.3. The number of hydrogen-bond acceptors (Lipinski definition) is 3. The largest absolute Gasteiger partial charge is 0.349 e. The Bertz CT molecular complexity index is 573. The molecule has 1 aromatic rings. The average Bonchev–Trinajstić information content (AvgIpc) is 2.54. The van der Waals surface area contributed by atoms with E-state index in [1.54, 1.807) is 12.1 Å². The summed E-state index contributed by atoms with van der Waals surface area (Å²) in [5, 5.41) is 3.16. The molecule has 150 valence electrons. The lowest BCUT2D eigenvalue weighted by Crippen LogP contribution is -2.57. The number of piperidine rings is 1. The van der Waals surface area contributed by atoms with Crippen molar-refractivity contribution in [3.8, 4) is 0 Å². The number of benzene rings is 1. The molecule has 1 saturated heterocycles. The maximum atomic E-state index is 13.3. The molecule has 1 fully saturated rings. The molecule has 4 nitrogen and oxygen atoms in total. The fourth-order valence-electron chi connectivity index (χ4n) is 3.12. The number of likely N-dealkylation sites (tertiary alicyclic amines) is 1. The second-order valence-electron chi connectivity index (χ2n) is 7.47. The number of nitrogens with zero attached hydrogens (tertiary/aromatic N) is 1. The number of nitrogens with two attached hydrogens (primary N) is 1. The highest BCUT2D eigenvalue weighted by atomic mass is 35.5. The van der Waals surface area contributed by atoms with E-state index in [9.17, 15) is 9.18 Å². The fourth-order valence-corrected chi connectivity index (χ4v) is 3.12. The highest BCUT2D eigenvalue weighted by molar-refractivity contribution is 5.85. The molecule has 1 amide bonds. The molecule has 7 heteroatoms. The van der Waals surface area contributed by atoms with E-state index >= 15 is 0 Å². The molecule has 2 atom stereocenters. The Labute approximate surface area is 168 Å². The number of halogens is 3. The van der Waals surface area contributed by atoms with Crippen molar-refractivity contribution in [2.24, 2.45) is 17.6 Å². The minimum Gasteiger partial charge on any atom is -0.349 e. The van der Waals surface area contributed by atoms with Crippen LogP contribution in [-0.4, -0.2) is 36.0 Å². The summed E-state index contributed by atoms with van der Waals surface area (Å²) in [6.07, 6.45) is 1.87. The van der Waals surface area contributed by atoms with Crippen molar-refractivity contribution < 1.29 is 9.18 Å². The van der Waals surface area contributed by atoms with Crippen LogP contribution in [0.3, 0.4) is 0 Å². The number of hydrogen-bond donors (Lipinski definition) is 2. The van der Waals surface area contributed by atoms with Crippen molar-refractivity contribution in [1.82, 2.24) is 10.2 Å². The molecule has 0 spiro atoms. The molecular formula is C19H32Cl2FN3O. The second kappa shape index (κ2) is 11.1. The lowest BCUT2D eigenvalue weighted by Gasteiger charge is -2.37. The van der Waals surface area contributed by atoms with Gasteiger partial charge in [-0.3, -0.25) is 9.69 Å². The molecule has 0 saturated carbocycles. The predicted molar refractivity (Wildman–Crippen MR) is 109 cm³/mol. The number of rotatable bonds is 6. The van der Waals surface area contributed by atoms with Gasteiger partial charge in [0.1, 0.15) is 5.82 Å². The van der Waals surface area contributed by atoms with Crippen molar-refractivity contribution in [3.05, 3.63) is 35.6 Å². The Morgan fingerprint density at radius 1 is 1.42 bits per heavy atom. The van der Waals surface area contributed by atoms with Gasteiger partial charge < -0.3 is 11.1 Å². The van der Waals surface area contributed by atoms with Crippen LogP contribution in [0, 0.1) is 17.7 Å². The first-order chi connectivity index (χ1) is 11.3. The molecule has 0 aromatic heterocycles. The molecule has 1 heterocycles. The van der Waals surface area contributed by atoms with Crippen LogP contribution >= 0.6 is 24.8 Å². The Balaban J connectivity index is 0.00000312. The average molecular weight is 408 g/mol. The summed E-state index contributed by atoms with van der Waals surface area (Å²) in [4.78, 5) is 14.9. The Morgan fingerprint density at radius 2 is 2.12 bits per heavy atom. The third-order valence-electron chi connectivity index (χ3n) is 5.28.